The Morgan fingerprint density at radius 2 is 1.93 bits per heavy atom. The van der Waals surface area contributed by atoms with Gasteiger partial charge < -0.3 is 9.47 Å². The summed E-state index contributed by atoms with van der Waals surface area (Å²) in [5.41, 5.74) is 0. The van der Waals surface area contributed by atoms with E-state index in [4.69, 9.17) is 9.47 Å². The van der Waals surface area contributed by atoms with Gasteiger partial charge >= 0.3 is 0 Å². The van der Waals surface area contributed by atoms with Gasteiger partial charge in [-0.25, -0.2) is 0 Å². The van der Waals surface area contributed by atoms with Gasteiger partial charge in [-0.05, 0) is 19.8 Å². The summed E-state index contributed by atoms with van der Waals surface area (Å²) in [4.78, 5) is 0.498. The van der Waals surface area contributed by atoms with Crippen LogP contribution in [0.2, 0.25) is 0 Å². The van der Waals surface area contributed by atoms with Crippen LogP contribution in [0.3, 0.4) is 0 Å². The fourth-order valence-corrected chi connectivity index (χ4v) is 2.72. The minimum Gasteiger partial charge on any atom is -0.375 e. The van der Waals surface area contributed by atoms with Crippen molar-refractivity contribution in [3.8, 4) is 0 Å². The summed E-state index contributed by atoms with van der Waals surface area (Å²) in [5.74, 6) is 0. The van der Waals surface area contributed by atoms with Crippen LogP contribution in [0.15, 0.2) is 0 Å². The molecule has 1 aliphatic carbocycles. The standard InChI is InChI=1S/C12H23BrO2/c1-3-5-6-7-8-15-11-9-10(13)12(11)14-4-2/h10-12H,3-9H2,1-2H3. The maximum atomic E-state index is 5.81. The van der Waals surface area contributed by atoms with Crippen molar-refractivity contribution in [2.24, 2.45) is 0 Å². The third-order valence-electron chi connectivity index (χ3n) is 2.87. The highest BCUT2D eigenvalue weighted by Crippen LogP contribution is 2.33. The van der Waals surface area contributed by atoms with Gasteiger partial charge in [0.1, 0.15) is 0 Å². The van der Waals surface area contributed by atoms with Crippen LogP contribution in [0.1, 0.15) is 46.0 Å². The highest BCUT2D eigenvalue weighted by atomic mass is 79.9. The zero-order chi connectivity index (χ0) is 11.1. The Bertz CT molecular complexity index is 164. The van der Waals surface area contributed by atoms with E-state index in [1.165, 1.54) is 25.7 Å². The Kier molecular flexibility index (Phi) is 6.86. The van der Waals surface area contributed by atoms with Gasteiger partial charge in [0.2, 0.25) is 0 Å². The van der Waals surface area contributed by atoms with Crippen LogP contribution in [0.5, 0.6) is 0 Å². The number of alkyl halides is 1. The molecule has 90 valence electrons. The number of rotatable bonds is 8. The molecule has 0 aromatic carbocycles. The van der Waals surface area contributed by atoms with Crippen LogP contribution < -0.4 is 0 Å². The third kappa shape index (κ3) is 4.41. The third-order valence-corrected chi connectivity index (χ3v) is 3.76. The van der Waals surface area contributed by atoms with Crippen LogP contribution in [0.4, 0.5) is 0 Å². The molecule has 0 aromatic rings. The van der Waals surface area contributed by atoms with Crippen LogP contribution in [0.25, 0.3) is 0 Å². The van der Waals surface area contributed by atoms with Gasteiger partial charge in [-0.1, -0.05) is 42.1 Å². The molecule has 1 saturated carbocycles. The van der Waals surface area contributed by atoms with Crippen molar-refractivity contribution in [1.29, 1.82) is 0 Å². The number of unbranched alkanes of at least 4 members (excludes halogenated alkanes) is 3. The van der Waals surface area contributed by atoms with Crippen molar-refractivity contribution in [2.75, 3.05) is 13.2 Å². The largest absolute Gasteiger partial charge is 0.375 e. The van der Waals surface area contributed by atoms with Crippen molar-refractivity contribution in [3.05, 3.63) is 0 Å². The molecule has 1 fully saturated rings. The zero-order valence-electron chi connectivity index (χ0n) is 9.88. The van der Waals surface area contributed by atoms with Gasteiger partial charge in [-0.15, -0.1) is 0 Å². The van der Waals surface area contributed by atoms with E-state index in [0.29, 0.717) is 10.9 Å². The maximum Gasteiger partial charge on any atom is 0.0962 e. The summed E-state index contributed by atoms with van der Waals surface area (Å²) < 4.78 is 11.4. The molecular weight excluding hydrogens is 256 g/mol. The Morgan fingerprint density at radius 3 is 2.53 bits per heavy atom. The first-order chi connectivity index (χ1) is 7.29. The smallest absolute Gasteiger partial charge is 0.0962 e. The minimum absolute atomic E-state index is 0.279. The topological polar surface area (TPSA) is 18.5 Å². The van der Waals surface area contributed by atoms with Gasteiger partial charge in [-0.2, -0.15) is 0 Å². The predicted molar refractivity (Wildman–Crippen MR) is 66.6 cm³/mol. The molecule has 0 bridgehead atoms. The molecule has 3 atom stereocenters. The quantitative estimate of drug-likeness (QED) is 0.500. The first kappa shape index (κ1) is 13.5. The molecule has 0 N–H and O–H groups in total. The van der Waals surface area contributed by atoms with Crippen molar-refractivity contribution >= 4 is 15.9 Å². The van der Waals surface area contributed by atoms with Crippen molar-refractivity contribution < 1.29 is 9.47 Å². The van der Waals surface area contributed by atoms with Crippen LogP contribution in [-0.2, 0) is 9.47 Å². The molecule has 0 aromatic heterocycles. The highest BCUT2D eigenvalue weighted by molar-refractivity contribution is 9.09. The molecule has 3 heteroatoms. The second-order valence-corrected chi connectivity index (χ2v) is 5.32. The number of halogens is 1. The average molecular weight is 279 g/mol. The van der Waals surface area contributed by atoms with Crippen molar-refractivity contribution in [2.45, 2.75) is 63.0 Å². The number of hydrogen-bond donors (Lipinski definition) is 0. The number of hydrogen-bond acceptors (Lipinski definition) is 2. The normalized spacial score (nSPS) is 30.2. The zero-order valence-corrected chi connectivity index (χ0v) is 11.5. The van der Waals surface area contributed by atoms with Crippen molar-refractivity contribution in [3.63, 3.8) is 0 Å². The summed E-state index contributed by atoms with van der Waals surface area (Å²) >= 11 is 3.60. The molecule has 0 radical (unpaired) electrons. The molecule has 0 saturated heterocycles. The fourth-order valence-electron chi connectivity index (χ4n) is 1.86. The Hall–Kier alpha value is 0.400. The van der Waals surface area contributed by atoms with Crippen LogP contribution in [0, 0.1) is 0 Å². The second kappa shape index (κ2) is 7.64. The minimum atomic E-state index is 0.279. The van der Waals surface area contributed by atoms with E-state index in [-0.39, 0.29) is 6.10 Å². The molecule has 0 amide bonds. The van der Waals surface area contributed by atoms with Gasteiger partial charge in [0.05, 0.1) is 12.2 Å². The maximum absolute atomic E-state index is 5.81. The summed E-state index contributed by atoms with van der Waals surface area (Å²) in [6, 6.07) is 0. The average Bonchev–Trinajstić information content (AvgIpc) is 2.24. The molecule has 2 nitrogen and oxygen atoms in total. The van der Waals surface area contributed by atoms with Gasteiger partial charge in [0, 0.05) is 18.0 Å². The van der Waals surface area contributed by atoms with E-state index in [9.17, 15) is 0 Å². The lowest BCUT2D eigenvalue weighted by atomic mass is 9.91. The van der Waals surface area contributed by atoms with E-state index in [1.807, 2.05) is 6.92 Å². The van der Waals surface area contributed by atoms with Crippen LogP contribution in [-0.4, -0.2) is 30.2 Å². The number of ether oxygens (including phenoxy) is 2. The lowest BCUT2D eigenvalue weighted by Crippen LogP contribution is -2.50. The SMILES string of the molecule is CCCCCCOC1CC(Br)C1OCC. The first-order valence-corrected chi connectivity index (χ1v) is 7.08. The Balaban J connectivity index is 2.01. The molecular formula is C12H23BrO2. The van der Waals surface area contributed by atoms with Gasteiger partial charge in [0.25, 0.3) is 0 Å². The summed E-state index contributed by atoms with van der Waals surface area (Å²) in [6.45, 7) is 5.94. The molecule has 0 aliphatic heterocycles. The summed E-state index contributed by atoms with van der Waals surface area (Å²) in [7, 11) is 0. The molecule has 0 heterocycles. The van der Waals surface area contributed by atoms with Gasteiger partial charge in [0.15, 0.2) is 0 Å². The molecule has 15 heavy (non-hydrogen) atoms. The van der Waals surface area contributed by atoms with E-state index in [2.05, 4.69) is 22.9 Å². The van der Waals surface area contributed by atoms with Gasteiger partial charge in [-0.3, -0.25) is 0 Å². The monoisotopic (exact) mass is 278 g/mol. The molecule has 0 spiro atoms. The lowest BCUT2D eigenvalue weighted by molar-refractivity contribution is -0.119. The van der Waals surface area contributed by atoms with Crippen LogP contribution >= 0.6 is 15.9 Å². The fraction of sp³-hybridized carbons (Fsp3) is 1.00. The highest BCUT2D eigenvalue weighted by Gasteiger charge is 2.40. The summed E-state index contributed by atoms with van der Waals surface area (Å²) in [6.07, 6.45) is 6.80. The van der Waals surface area contributed by atoms with E-state index in [1.54, 1.807) is 0 Å². The summed E-state index contributed by atoms with van der Waals surface area (Å²) in [5, 5.41) is 0. The Labute approximate surface area is 102 Å². The Morgan fingerprint density at radius 1 is 1.13 bits per heavy atom. The molecule has 1 aliphatic rings. The first-order valence-electron chi connectivity index (χ1n) is 6.16. The lowest BCUT2D eigenvalue weighted by Gasteiger charge is -2.40. The van der Waals surface area contributed by atoms with E-state index >= 15 is 0 Å². The van der Waals surface area contributed by atoms with E-state index < -0.39 is 0 Å². The molecule has 3 unspecified atom stereocenters. The second-order valence-electron chi connectivity index (χ2n) is 4.14. The van der Waals surface area contributed by atoms with E-state index in [0.717, 1.165) is 19.6 Å². The van der Waals surface area contributed by atoms with Crippen molar-refractivity contribution in [1.82, 2.24) is 0 Å². The predicted octanol–water partition coefficient (Wildman–Crippen LogP) is 3.52. The molecule has 1 rings (SSSR count).